The number of benzene rings is 1. The number of fused-ring (bicyclic) bond motifs is 1. The molecular weight excluding hydrogens is 190 g/mol. The van der Waals surface area contributed by atoms with Crippen LogP contribution in [0.2, 0.25) is 0 Å². The molecule has 80 valence electrons. The van der Waals surface area contributed by atoms with E-state index in [0.717, 1.165) is 12.8 Å². The van der Waals surface area contributed by atoms with Gasteiger partial charge >= 0.3 is 0 Å². The lowest BCUT2D eigenvalue weighted by molar-refractivity contribution is 0.0957. The molecule has 1 N–H and O–H groups in total. The smallest absolute Gasteiger partial charge is 0.255 e. The van der Waals surface area contributed by atoms with Gasteiger partial charge in [0.15, 0.2) is 0 Å². The van der Waals surface area contributed by atoms with Gasteiger partial charge in [0.05, 0.1) is 12.1 Å². The highest BCUT2D eigenvalue weighted by atomic mass is 16.5. The summed E-state index contributed by atoms with van der Waals surface area (Å²) in [5, 5.41) is 2.81. The number of ether oxygens (including phenoxy) is 1. The van der Waals surface area contributed by atoms with Crippen molar-refractivity contribution in [2.45, 2.75) is 19.8 Å². The Hall–Kier alpha value is -1.51. The topological polar surface area (TPSA) is 38.3 Å². The summed E-state index contributed by atoms with van der Waals surface area (Å²) in [7, 11) is 0. The van der Waals surface area contributed by atoms with Crippen molar-refractivity contribution in [2.75, 3.05) is 13.2 Å². The Morgan fingerprint density at radius 2 is 2.33 bits per heavy atom. The molecule has 0 fully saturated rings. The molecule has 1 amide bonds. The second-order valence-corrected chi connectivity index (χ2v) is 3.68. The molecule has 15 heavy (non-hydrogen) atoms. The Morgan fingerprint density at radius 1 is 1.47 bits per heavy atom. The molecule has 3 nitrogen and oxygen atoms in total. The Kier molecular flexibility index (Phi) is 2.90. The van der Waals surface area contributed by atoms with E-state index < -0.39 is 0 Å². The van der Waals surface area contributed by atoms with Crippen LogP contribution < -0.4 is 10.1 Å². The lowest BCUT2D eigenvalue weighted by Gasteiger charge is -2.07. The van der Waals surface area contributed by atoms with Crippen LogP contribution in [0.15, 0.2) is 18.2 Å². The third-order valence-electron chi connectivity index (χ3n) is 2.47. The molecule has 0 spiro atoms. The van der Waals surface area contributed by atoms with Gasteiger partial charge in [-0.05, 0) is 24.1 Å². The first-order chi connectivity index (χ1) is 7.31. The predicted molar refractivity (Wildman–Crippen MR) is 58.3 cm³/mol. The Labute approximate surface area is 89.4 Å². The number of hydrogen-bond donors (Lipinski definition) is 1. The first-order valence-corrected chi connectivity index (χ1v) is 5.35. The monoisotopic (exact) mass is 205 g/mol. The summed E-state index contributed by atoms with van der Waals surface area (Å²) in [6.45, 7) is 3.25. The zero-order valence-electron chi connectivity index (χ0n) is 8.88. The van der Waals surface area contributed by atoms with Crippen LogP contribution in [0, 0.1) is 0 Å². The number of carbonyl (C=O) groups is 1. The first kappa shape index (κ1) is 10.0. The summed E-state index contributed by atoms with van der Waals surface area (Å²) in [5.74, 6) is 0.672. The van der Waals surface area contributed by atoms with Crippen LogP contribution in [0.4, 0.5) is 0 Å². The van der Waals surface area contributed by atoms with Crippen molar-refractivity contribution in [1.29, 1.82) is 0 Å². The van der Waals surface area contributed by atoms with Gasteiger partial charge < -0.3 is 10.1 Å². The van der Waals surface area contributed by atoms with Crippen molar-refractivity contribution in [2.24, 2.45) is 0 Å². The second kappa shape index (κ2) is 4.34. The van der Waals surface area contributed by atoms with Gasteiger partial charge in [0.25, 0.3) is 5.91 Å². The van der Waals surface area contributed by atoms with E-state index in [0.29, 0.717) is 24.5 Å². The van der Waals surface area contributed by atoms with Gasteiger partial charge in [-0.1, -0.05) is 19.4 Å². The van der Waals surface area contributed by atoms with Gasteiger partial charge in [-0.3, -0.25) is 4.79 Å². The van der Waals surface area contributed by atoms with Gasteiger partial charge in [-0.25, -0.2) is 0 Å². The van der Waals surface area contributed by atoms with Crippen molar-refractivity contribution in [3.63, 3.8) is 0 Å². The largest absolute Gasteiger partial charge is 0.491 e. The Bertz CT molecular complexity index is 374. The van der Waals surface area contributed by atoms with Crippen LogP contribution in [-0.4, -0.2) is 19.1 Å². The number of nitrogens with one attached hydrogen (secondary N) is 1. The highest BCUT2D eigenvalue weighted by Crippen LogP contribution is 2.22. The molecule has 0 aromatic heterocycles. The fourth-order valence-corrected chi connectivity index (χ4v) is 1.75. The van der Waals surface area contributed by atoms with E-state index in [1.807, 2.05) is 18.2 Å². The molecule has 0 radical (unpaired) electrons. The van der Waals surface area contributed by atoms with Crippen LogP contribution in [0.25, 0.3) is 0 Å². The Balaban J connectivity index is 2.35. The summed E-state index contributed by atoms with van der Waals surface area (Å²) < 4.78 is 5.47. The van der Waals surface area contributed by atoms with Crippen LogP contribution in [-0.2, 0) is 6.42 Å². The van der Waals surface area contributed by atoms with E-state index in [9.17, 15) is 4.79 Å². The standard InChI is InChI=1S/C12H15NO2/c1-2-3-9-4-5-11-10(8-9)12(14)13-6-7-15-11/h4-5,8H,2-3,6-7H2,1H3,(H,13,14). The molecule has 3 heteroatoms. The molecule has 2 rings (SSSR count). The van der Waals surface area contributed by atoms with E-state index in [1.54, 1.807) is 0 Å². The third-order valence-corrected chi connectivity index (χ3v) is 2.47. The van der Waals surface area contributed by atoms with E-state index in [-0.39, 0.29) is 5.91 Å². The van der Waals surface area contributed by atoms with E-state index >= 15 is 0 Å². The summed E-state index contributed by atoms with van der Waals surface area (Å²) in [4.78, 5) is 11.7. The lowest BCUT2D eigenvalue weighted by atomic mass is 10.1. The fraction of sp³-hybridized carbons (Fsp3) is 0.417. The molecule has 1 aliphatic rings. The van der Waals surface area contributed by atoms with Gasteiger partial charge in [-0.15, -0.1) is 0 Å². The molecule has 1 aliphatic heterocycles. The maximum Gasteiger partial charge on any atom is 0.255 e. The molecule has 1 aromatic carbocycles. The lowest BCUT2D eigenvalue weighted by Crippen LogP contribution is -2.24. The highest BCUT2D eigenvalue weighted by Gasteiger charge is 2.16. The zero-order valence-corrected chi connectivity index (χ0v) is 8.88. The van der Waals surface area contributed by atoms with E-state index in [4.69, 9.17) is 4.74 Å². The average molecular weight is 205 g/mol. The molecule has 0 unspecified atom stereocenters. The van der Waals surface area contributed by atoms with Gasteiger partial charge in [0.2, 0.25) is 0 Å². The van der Waals surface area contributed by atoms with Crippen molar-refractivity contribution in [3.8, 4) is 5.75 Å². The van der Waals surface area contributed by atoms with Crippen LogP contribution in [0.1, 0.15) is 29.3 Å². The molecule has 0 saturated heterocycles. The summed E-state index contributed by atoms with van der Waals surface area (Å²) >= 11 is 0. The molecule has 0 atom stereocenters. The minimum absolute atomic E-state index is 0.0274. The molecular formula is C12H15NO2. The number of rotatable bonds is 2. The SMILES string of the molecule is CCCc1ccc2c(c1)C(=O)NCCO2. The number of carbonyl (C=O) groups excluding carboxylic acids is 1. The first-order valence-electron chi connectivity index (χ1n) is 5.35. The van der Waals surface area contributed by atoms with E-state index in [2.05, 4.69) is 12.2 Å². The minimum atomic E-state index is -0.0274. The van der Waals surface area contributed by atoms with E-state index in [1.165, 1.54) is 5.56 Å². The molecule has 1 aromatic rings. The van der Waals surface area contributed by atoms with Gasteiger partial charge in [0, 0.05) is 0 Å². The minimum Gasteiger partial charge on any atom is -0.491 e. The van der Waals surface area contributed by atoms with Gasteiger partial charge in [-0.2, -0.15) is 0 Å². The van der Waals surface area contributed by atoms with Crippen LogP contribution >= 0.6 is 0 Å². The molecule has 0 saturated carbocycles. The van der Waals surface area contributed by atoms with Crippen molar-refractivity contribution in [3.05, 3.63) is 29.3 Å². The maximum atomic E-state index is 11.7. The summed E-state index contributed by atoms with van der Waals surface area (Å²) in [5.41, 5.74) is 1.86. The van der Waals surface area contributed by atoms with Crippen LogP contribution in [0.3, 0.4) is 0 Å². The number of aryl methyl sites for hydroxylation is 1. The van der Waals surface area contributed by atoms with Crippen molar-refractivity contribution >= 4 is 5.91 Å². The second-order valence-electron chi connectivity index (χ2n) is 3.68. The molecule has 0 bridgehead atoms. The normalized spacial score (nSPS) is 14.9. The molecule has 1 heterocycles. The molecule has 0 aliphatic carbocycles. The van der Waals surface area contributed by atoms with Crippen molar-refractivity contribution in [1.82, 2.24) is 5.32 Å². The quantitative estimate of drug-likeness (QED) is 0.799. The predicted octanol–water partition coefficient (Wildman–Crippen LogP) is 1.76. The fourth-order valence-electron chi connectivity index (χ4n) is 1.75. The maximum absolute atomic E-state index is 11.7. The number of amides is 1. The summed E-state index contributed by atoms with van der Waals surface area (Å²) in [6.07, 6.45) is 2.09. The van der Waals surface area contributed by atoms with Crippen molar-refractivity contribution < 1.29 is 9.53 Å². The Morgan fingerprint density at radius 3 is 3.13 bits per heavy atom. The highest BCUT2D eigenvalue weighted by molar-refractivity contribution is 5.97. The zero-order chi connectivity index (χ0) is 10.7. The van der Waals surface area contributed by atoms with Gasteiger partial charge in [0.1, 0.15) is 12.4 Å². The number of hydrogen-bond acceptors (Lipinski definition) is 2. The third kappa shape index (κ3) is 2.12. The summed E-state index contributed by atoms with van der Waals surface area (Å²) in [6, 6.07) is 5.85. The average Bonchev–Trinajstić information content (AvgIpc) is 2.42. The van der Waals surface area contributed by atoms with Crippen LogP contribution in [0.5, 0.6) is 5.75 Å².